The van der Waals surface area contributed by atoms with Gasteiger partial charge in [0.2, 0.25) is 0 Å². The Morgan fingerprint density at radius 1 is 1.06 bits per heavy atom. The Morgan fingerprint density at radius 3 is 2.06 bits per heavy atom. The topological polar surface area (TPSA) is 3.24 Å². The Balaban J connectivity index is 0. The second-order valence-corrected chi connectivity index (χ2v) is 5.88. The SMILES string of the molecule is CC.CC.CCc1cc(SSN(C)C)ccc1C. The summed E-state index contributed by atoms with van der Waals surface area (Å²) in [6.45, 7) is 12.4. The first-order valence-electron chi connectivity index (χ1n) is 6.75. The molecule has 0 bridgehead atoms. The van der Waals surface area contributed by atoms with E-state index in [-0.39, 0.29) is 0 Å². The van der Waals surface area contributed by atoms with Gasteiger partial charge in [-0.25, -0.2) is 4.31 Å². The van der Waals surface area contributed by atoms with Crippen LogP contribution >= 0.6 is 21.8 Å². The molecule has 3 heteroatoms. The van der Waals surface area contributed by atoms with Crippen LogP contribution in [0.2, 0.25) is 0 Å². The molecule has 0 radical (unpaired) electrons. The van der Waals surface area contributed by atoms with E-state index in [0.717, 1.165) is 6.42 Å². The van der Waals surface area contributed by atoms with E-state index in [4.69, 9.17) is 0 Å². The Kier molecular flexibility index (Phi) is 14.9. The summed E-state index contributed by atoms with van der Waals surface area (Å²) >= 11 is 0. The molecule has 0 spiro atoms. The molecule has 106 valence electrons. The van der Waals surface area contributed by atoms with Crippen molar-refractivity contribution < 1.29 is 0 Å². The zero-order valence-corrected chi connectivity index (χ0v) is 14.8. The number of rotatable bonds is 4. The summed E-state index contributed by atoms with van der Waals surface area (Å²) in [5.74, 6) is 0. The molecule has 18 heavy (non-hydrogen) atoms. The molecule has 1 aromatic carbocycles. The standard InChI is InChI=1S/C11H17NS2.2C2H6/c1-5-10-8-11(7-6-9(10)2)13-14-12(3)4;2*1-2/h6-8H,5H2,1-4H3;2*1-2H3. The molecule has 0 atom stereocenters. The van der Waals surface area contributed by atoms with Gasteiger partial charge in [0.25, 0.3) is 0 Å². The van der Waals surface area contributed by atoms with Crippen LogP contribution < -0.4 is 0 Å². The second kappa shape index (κ2) is 13.3. The van der Waals surface area contributed by atoms with Crippen molar-refractivity contribution in [1.82, 2.24) is 4.31 Å². The van der Waals surface area contributed by atoms with E-state index in [1.807, 2.05) is 38.5 Å². The molecular weight excluding hydrogens is 258 g/mol. The third-order valence-corrected chi connectivity index (χ3v) is 4.50. The predicted octanol–water partition coefficient (Wildman–Crippen LogP) is 5.83. The van der Waals surface area contributed by atoms with Gasteiger partial charge < -0.3 is 0 Å². The maximum atomic E-state index is 2.29. The van der Waals surface area contributed by atoms with E-state index in [1.165, 1.54) is 16.0 Å². The Hall–Kier alpha value is -0.120. The van der Waals surface area contributed by atoms with Crippen LogP contribution in [-0.4, -0.2) is 18.4 Å². The van der Waals surface area contributed by atoms with Gasteiger partial charge in [-0.1, -0.05) is 40.7 Å². The summed E-state index contributed by atoms with van der Waals surface area (Å²) in [5.41, 5.74) is 2.85. The molecule has 0 N–H and O–H groups in total. The lowest BCUT2D eigenvalue weighted by atomic mass is 10.1. The van der Waals surface area contributed by atoms with Gasteiger partial charge in [-0.2, -0.15) is 0 Å². The lowest BCUT2D eigenvalue weighted by molar-refractivity contribution is 0.711. The summed E-state index contributed by atoms with van der Waals surface area (Å²) in [6.07, 6.45) is 1.12. The van der Waals surface area contributed by atoms with E-state index in [0.29, 0.717) is 0 Å². The summed E-state index contributed by atoms with van der Waals surface area (Å²) < 4.78 is 2.11. The van der Waals surface area contributed by atoms with Gasteiger partial charge in [0.1, 0.15) is 0 Å². The molecule has 1 rings (SSSR count). The van der Waals surface area contributed by atoms with Crippen LogP contribution in [-0.2, 0) is 6.42 Å². The van der Waals surface area contributed by atoms with Crippen LogP contribution in [0.15, 0.2) is 23.1 Å². The summed E-state index contributed by atoms with van der Waals surface area (Å²) in [5, 5.41) is 0. The largest absolute Gasteiger partial charge is 0.247 e. The molecular formula is C15H29NS2. The van der Waals surface area contributed by atoms with Crippen LogP contribution in [0, 0.1) is 6.92 Å². The third kappa shape index (κ3) is 8.90. The van der Waals surface area contributed by atoms with Gasteiger partial charge in [0, 0.05) is 4.90 Å². The lowest BCUT2D eigenvalue weighted by Crippen LogP contribution is -1.95. The van der Waals surface area contributed by atoms with Crippen LogP contribution in [0.3, 0.4) is 0 Å². The first-order chi connectivity index (χ1) is 8.63. The average Bonchev–Trinajstić information content (AvgIpc) is 2.42. The maximum Gasteiger partial charge on any atom is 0.0198 e. The highest BCUT2D eigenvalue weighted by atomic mass is 33.1. The monoisotopic (exact) mass is 287 g/mol. The smallest absolute Gasteiger partial charge is 0.0198 e. The summed E-state index contributed by atoms with van der Waals surface area (Å²) in [7, 11) is 7.69. The van der Waals surface area contributed by atoms with E-state index in [2.05, 4.69) is 50.4 Å². The van der Waals surface area contributed by atoms with Gasteiger partial charge in [-0.15, -0.1) is 0 Å². The number of nitrogens with zero attached hydrogens (tertiary/aromatic N) is 1. The van der Waals surface area contributed by atoms with Crippen molar-refractivity contribution in [1.29, 1.82) is 0 Å². The molecule has 1 nitrogen and oxygen atoms in total. The minimum absolute atomic E-state index is 1.12. The molecule has 0 heterocycles. The molecule has 1 aromatic rings. The van der Waals surface area contributed by atoms with Gasteiger partial charge in [-0.3, -0.25) is 0 Å². The van der Waals surface area contributed by atoms with Crippen LogP contribution in [0.25, 0.3) is 0 Å². The average molecular weight is 288 g/mol. The summed E-state index contributed by atoms with van der Waals surface area (Å²) in [4.78, 5) is 1.34. The second-order valence-electron chi connectivity index (χ2n) is 3.41. The minimum Gasteiger partial charge on any atom is -0.247 e. The minimum atomic E-state index is 1.12. The Bertz CT molecular complexity index is 299. The first-order valence-corrected chi connectivity index (χ1v) is 8.85. The molecule has 0 saturated heterocycles. The molecule has 0 unspecified atom stereocenters. The zero-order chi connectivity index (χ0) is 14.6. The van der Waals surface area contributed by atoms with Crippen molar-refractivity contribution in [2.45, 2.75) is 52.9 Å². The van der Waals surface area contributed by atoms with Crippen LogP contribution in [0.1, 0.15) is 45.7 Å². The van der Waals surface area contributed by atoms with Gasteiger partial charge >= 0.3 is 0 Å². The van der Waals surface area contributed by atoms with Crippen molar-refractivity contribution in [3.63, 3.8) is 0 Å². The van der Waals surface area contributed by atoms with E-state index >= 15 is 0 Å². The first kappa shape index (κ1) is 20.2. The van der Waals surface area contributed by atoms with E-state index < -0.39 is 0 Å². The van der Waals surface area contributed by atoms with E-state index in [9.17, 15) is 0 Å². The molecule has 0 fully saturated rings. The number of benzene rings is 1. The molecule has 0 amide bonds. The fourth-order valence-corrected chi connectivity index (χ4v) is 2.76. The molecule has 0 aliphatic carbocycles. The van der Waals surface area contributed by atoms with Gasteiger partial charge in [0.05, 0.1) is 0 Å². The fraction of sp³-hybridized carbons (Fsp3) is 0.600. The normalized spacial score (nSPS) is 9.17. The molecule has 0 saturated carbocycles. The van der Waals surface area contributed by atoms with Gasteiger partial charge in [0.15, 0.2) is 0 Å². The van der Waals surface area contributed by atoms with Crippen molar-refractivity contribution >= 4 is 21.8 Å². The number of hydrogen-bond acceptors (Lipinski definition) is 3. The molecule has 0 aliphatic heterocycles. The van der Waals surface area contributed by atoms with Crippen molar-refractivity contribution in [2.24, 2.45) is 0 Å². The van der Waals surface area contributed by atoms with Crippen molar-refractivity contribution in [3.05, 3.63) is 29.3 Å². The van der Waals surface area contributed by atoms with Crippen LogP contribution in [0.5, 0.6) is 0 Å². The quantitative estimate of drug-likeness (QED) is 0.507. The fourth-order valence-electron chi connectivity index (χ4n) is 1.20. The van der Waals surface area contributed by atoms with Crippen molar-refractivity contribution in [2.75, 3.05) is 14.1 Å². The third-order valence-electron chi connectivity index (χ3n) is 1.98. The molecule has 0 aromatic heterocycles. The van der Waals surface area contributed by atoms with Crippen molar-refractivity contribution in [3.8, 4) is 0 Å². The highest BCUT2D eigenvalue weighted by molar-refractivity contribution is 8.75. The van der Waals surface area contributed by atoms with E-state index in [1.54, 1.807) is 11.0 Å². The zero-order valence-electron chi connectivity index (χ0n) is 13.2. The Morgan fingerprint density at radius 2 is 1.61 bits per heavy atom. The maximum absolute atomic E-state index is 2.29. The van der Waals surface area contributed by atoms with Crippen LogP contribution in [0.4, 0.5) is 0 Å². The number of hydrogen-bond donors (Lipinski definition) is 0. The molecule has 0 aliphatic rings. The highest BCUT2D eigenvalue weighted by Crippen LogP contribution is 2.33. The number of aryl methyl sites for hydroxylation is 2. The van der Waals surface area contributed by atoms with Gasteiger partial charge in [-0.05, 0) is 72.5 Å². The Labute approximate surface area is 122 Å². The summed E-state index contributed by atoms with van der Waals surface area (Å²) in [6, 6.07) is 6.68. The predicted molar refractivity (Wildman–Crippen MR) is 90.4 cm³/mol. The lowest BCUT2D eigenvalue weighted by Gasteiger charge is -2.09. The highest BCUT2D eigenvalue weighted by Gasteiger charge is 2.00.